The van der Waals surface area contributed by atoms with Gasteiger partial charge in [-0.1, -0.05) is 6.07 Å². The van der Waals surface area contributed by atoms with E-state index in [4.69, 9.17) is 0 Å². The lowest BCUT2D eigenvalue weighted by Gasteiger charge is -2.10. The predicted octanol–water partition coefficient (Wildman–Crippen LogP) is 3.30. The molecule has 0 radical (unpaired) electrons. The molecule has 7 heteroatoms. The van der Waals surface area contributed by atoms with Crippen molar-refractivity contribution in [2.24, 2.45) is 0 Å². The van der Waals surface area contributed by atoms with Crippen LogP contribution in [0.15, 0.2) is 73.7 Å². The number of aromatic nitrogens is 6. The lowest BCUT2D eigenvalue weighted by atomic mass is 10.2. The number of nitrogens with zero attached hydrogens (tertiary/aromatic N) is 6. The molecule has 0 aliphatic rings. The highest BCUT2D eigenvalue weighted by molar-refractivity contribution is 5.65. The maximum Gasteiger partial charge on any atom is 0.180 e. The number of aryl methyl sites for hydroxylation is 1. The molecule has 0 fully saturated rings. The van der Waals surface area contributed by atoms with Gasteiger partial charge in [0, 0.05) is 55.7 Å². The first-order valence-corrected chi connectivity index (χ1v) is 8.79. The summed E-state index contributed by atoms with van der Waals surface area (Å²) >= 11 is 0. The van der Waals surface area contributed by atoms with Crippen LogP contribution < -0.4 is 5.32 Å². The van der Waals surface area contributed by atoms with Gasteiger partial charge in [-0.3, -0.25) is 9.97 Å². The van der Waals surface area contributed by atoms with Crippen LogP contribution in [0.2, 0.25) is 0 Å². The number of hydrogen-bond acceptors (Lipinski definition) is 6. The minimum absolute atomic E-state index is 0.599. The van der Waals surface area contributed by atoms with Gasteiger partial charge in [-0.2, -0.15) is 0 Å². The molecule has 4 aromatic heterocycles. The minimum atomic E-state index is 0.599. The van der Waals surface area contributed by atoms with Crippen LogP contribution in [0.25, 0.3) is 22.8 Å². The summed E-state index contributed by atoms with van der Waals surface area (Å²) in [7, 11) is 0. The Morgan fingerprint density at radius 2 is 1.81 bits per heavy atom. The summed E-state index contributed by atoms with van der Waals surface area (Å²) in [4.78, 5) is 21.9. The van der Waals surface area contributed by atoms with E-state index in [1.807, 2.05) is 48.9 Å². The molecule has 1 N–H and O–H groups in total. The third kappa shape index (κ3) is 4.33. The van der Waals surface area contributed by atoms with Crippen LogP contribution in [-0.4, -0.2) is 36.0 Å². The second kappa shape index (κ2) is 8.18. The molecule has 0 aromatic carbocycles. The molecule has 4 heterocycles. The third-order valence-corrected chi connectivity index (χ3v) is 4.05. The summed E-state index contributed by atoms with van der Waals surface area (Å²) in [6, 6.07) is 11.6. The van der Waals surface area contributed by atoms with Crippen molar-refractivity contribution in [3.8, 4) is 22.8 Å². The zero-order valence-corrected chi connectivity index (χ0v) is 14.7. The van der Waals surface area contributed by atoms with Gasteiger partial charge in [0.2, 0.25) is 0 Å². The zero-order valence-electron chi connectivity index (χ0n) is 14.7. The topological polar surface area (TPSA) is 81.4 Å². The first-order chi connectivity index (χ1) is 13.4. The Bertz CT molecular complexity index is 912. The van der Waals surface area contributed by atoms with E-state index in [1.165, 1.54) is 0 Å². The Morgan fingerprint density at radius 1 is 0.889 bits per heavy atom. The highest BCUT2D eigenvalue weighted by Gasteiger charge is 2.09. The van der Waals surface area contributed by atoms with E-state index in [2.05, 4.69) is 34.8 Å². The monoisotopic (exact) mass is 357 g/mol. The smallest absolute Gasteiger partial charge is 0.180 e. The van der Waals surface area contributed by atoms with Crippen LogP contribution in [0, 0.1) is 0 Å². The van der Waals surface area contributed by atoms with E-state index in [0.717, 1.165) is 42.3 Å². The van der Waals surface area contributed by atoms with Crippen LogP contribution in [0.3, 0.4) is 0 Å². The average Bonchev–Trinajstić information content (AvgIpc) is 3.26. The van der Waals surface area contributed by atoms with Gasteiger partial charge in [-0.15, -0.1) is 0 Å². The highest BCUT2D eigenvalue weighted by atomic mass is 15.1. The Hall–Kier alpha value is -3.61. The maximum atomic E-state index is 4.69. The fourth-order valence-electron chi connectivity index (χ4n) is 2.72. The summed E-state index contributed by atoms with van der Waals surface area (Å²) in [5.41, 5.74) is 2.58. The van der Waals surface area contributed by atoms with Crippen molar-refractivity contribution in [3.05, 3.63) is 73.7 Å². The summed E-state index contributed by atoms with van der Waals surface area (Å²) in [6.45, 7) is 1.70. The van der Waals surface area contributed by atoms with Crippen molar-refractivity contribution in [1.29, 1.82) is 0 Å². The molecule has 0 aliphatic carbocycles. The van der Waals surface area contributed by atoms with Gasteiger partial charge in [0.25, 0.3) is 0 Å². The molecule has 0 amide bonds. The van der Waals surface area contributed by atoms with Crippen molar-refractivity contribution in [2.75, 3.05) is 11.9 Å². The second-order valence-electron chi connectivity index (χ2n) is 5.99. The molecule has 0 atom stereocenters. The summed E-state index contributed by atoms with van der Waals surface area (Å²) in [5.74, 6) is 1.38. The van der Waals surface area contributed by atoms with Crippen molar-refractivity contribution < 1.29 is 0 Å². The van der Waals surface area contributed by atoms with E-state index < -0.39 is 0 Å². The summed E-state index contributed by atoms with van der Waals surface area (Å²) < 4.78 is 2.06. The van der Waals surface area contributed by atoms with Crippen LogP contribution in [0.1, 0.15) is 6.42 Å². The van der Waals surface area contributed by atoms with Gasteiger partial charge in [0.1, 0.15) is 11.5 Å². The number of imidazole rings is 1. The molecule has 0 bridgehead atoms. The van der Waals surface area contributed by atoms with E-state index >= 15 is 0 Å². The summed E-state index contributed by atoms with van der Waals surface area (Å²) in [5, 5.41) is 3.40. The predicted molar refractivity (Wildman–Crippen MR) is 104 cm³/mol. The molecule has 4 rings (SSSR count). The van der Waals surface area contributed by atoms with E-state index in [-0.39, 0.29) is 0 Å². The molecule has 0 spiro atoms. The van der Waals surface area contributed by atoms with Crippen molar-refractivity contribution >= 4 is 5.82 Å². The number of anilines is 1. The molecule has 0 saturated carbocycles. The molecule has 7 nitrogen and oxygen atoms in total. The van der Waals surface area contributed by atoms with Gasteiger partial charge in [0.05, 0.1) is 12.0 Å². The fourth-order valence-corrected chi connectivity index (χ4v) is 2.72. The first kappa shape index (κ1) is 16.8. The third-order valence-electron chi connectivity index (χ3n) is 4.05. The number of pyridine rings is 2. The number of rotatable bonds is 7. The van der Waals surface area contributed by atoms with Crippen LogP contribution in [0.4, 0.5) is 5.82 Å². The number of hydrogen-bond donors (Lipinski definition) is 1. The molecule has 0 saturated heterocycles. The zero-order chi connectivity index (χ0) is 18.3. The van der Waals surface area contributed by atoms with Gasteiger partial charge in [-0.25, -0.2) is 15.0 Å². The molecule has 0 aliphatic heterocycles. The van der Waals surface area contributed by atoms with Gasteiger partial charge >= 0.3 is 0 Å². The average molecular weight is 357 g/mol. The van der Waals surface area contributed by atoms with Crippen LogP contribution >= 0.6 is 0 Å². The molecular formula is C20H19N7. The second-order valence-corrected chi connectivity index (χ2v) is 5.99. The molecule has 134 valence electrons. The fraction of sp³-hybridized carbons (Fsp3) is 0.150. The largest absolute Gasteiger partial charge is 0.370 e. The van der Waals surface area contributed by atoms with Crippen LogP contribution in [0.5, 0.6) is 0 Å². The molecule has 0 unspecified atom stereocenters. The number of nitrogens with one attached hydrogen (secondary N) is 1. The van der Waals surface area contributed by atoms with E-state index in [9.17, 15) is 0 Å². The van der Waals surface area contributed by atoms with Crippen molar-refractivity contribution in [1.82, 2.24) is 29.5 Å². The first-order valence-electron chi connectivity index (χ1n) is 8.79. The lowest BCUT2D eigenvalue weighted by molar-refractivity contribution is 0.660. The van der Waals surface area contributed by atoms with Crippen LogP contribution in [-0.2, 0) is 6.54 Å². The summed E-state index contributed by atoms with van der Waals surface area (Å²) in [6.07, 6.45) is 11.8. The quantitative estimate of drug-likeness (QED) is 0.511. The Labute approximate surface area is 157 Å². The Balaban J connectivity index is 1.56. The Kier molecular flexibility index (Phi) is 5.10. The van der Waals surface area contributed by atoms with Gasteiger partial charge in [0.15, 0.2) is 5.82 Å². The normalized spacial score (nSPS) is 10.7. The molecular weight excluding hydrogens is 338 g/mol. The van der Waals surface area contributed by atoms with Gasteiger partial charge < -0.3 is 9.88 Å². The highest BCUT2D eigenvalue weighted by Crippen LogP contribution is 2.23. The van der Waals surface area contributed by atoms with E-state index in [1.54, 1.807) is 24.8 Å². The lowest BCUT2D eigenvalue weighted by Crippen LogP contribution is -2.08. The minimum Gasteiger partial charge on any atom is -0.370 e. The molecule has 4 aromatic rings. The standard InChI is InChI=1S/C20H19N7/c1-2-7-23-17(4-1)20-25-18(16-5-9-21-10-6-16)14-19(26-20)24-8-3-12-27-13-11-22-15-27/h1-2,4-7,9-11,13-15H,3,8,12H2,(H,24,25,26). The van der Waals surface area contributed by atoms with Crippen molar-refractivity contribution in [2.45, 2.75) is 13.0 Å². The molecule has 27 heavy (non-hydrogen) atoms. The van der Waals surface area contributed by atoms with E-state index in [0.29, 0.717) is 5.82 Å². The SMILES string of the molecule is c1ccc(-c2nc(NCCCn3ccnc3)cc(-c3ccncc3)n2)nc1. The van der Waals surface area contributed by atoms with Gasteiger partial charge in [-0.05, 0) is 30.7 Å². The maximum absolute atomic E-state index is 4.69. The van der Waals surface area contributed by atoms with Crippen molar-refractivity contribution in [3.63, 3.8) is 0 Å². The Morgan fingerprint density at radius 3 is 2.59 bits per heavy atom.